The van der Waals surface area contributed by atoms with Crippen molar-refractivity contribution >= 4 is 6.08 Å². The number of fused-ring (bicyclic) bond motifs is 1. The van der Waals surface area contributed by atoms with E-state index in [1.165, 1.54) is 0 Å². The van der Waals surface area contributed by atoms with Crippen LogP contribution >= 0.6 is 0 Å². The minimum atomic E-state index is -4.62. The minimum absolute atomic E-state index is 0.0435. The van der Waals surface area contributed by atoms with Crippen molar-refractivity contribution in [3.8, 4) is 5.75 Å². The van der Waals surface area contributed by atoms with Gasteiger partial charge in [-0.05, 0) is 12.1 Å². The number of halogens is 5. The van der Waals surface area contributed by atoms with E-state index in [1.807, 2.05) is 0 Å². The topological polar surface area (TPSA) is 9.23 Å². The second-order valence-corrected chi connectivity index (χ2v) is 3.25. The molecule has 1 aliphatic heterocycles. The third-order valence-corrected chi connectivity index (χ3v) is 2.06. The lowest BCUT2D eigenvalue weighted by atomic mass is 10.1. The van der Waals surface area contributed by atoms with Gasteiger partial charge in [0.05, 0.1) is 0 Å². The van der Waals surface area contributed by atoms with E-state index in [9.17, 15) is 22.0 Å². The van der Waals surface area contributed by atoms with Crippen LogP contribution in [0, 0.1) is 11.6 Å². The molecule has 0 N–H and O–H groups in total. The van der Waals surface area contributed by atoms with Crippen LogP contribution in [-0.2, 0) is 0 Å². The van der Waals surface area contributed by atoms with Crippen LogP contribution in [0.2, 0.25) is 0 Å². The molecule has 0 radical (unpaired) electrons. The van der Waals surface area contributed by atoms with E-state index in [4.69, 9.17) is 0 Å². The maximum atomic E-state index is 13.1. The van der Waals surface area contributed by atoms with E-state index >= 15 is 0 Å². The Morgan fingerprint density at radius 2 is 1.81 bits per heavy atom. The normalized spacial score (nSPS) is 19.2. The summed E-state index contributed by atoms with van der Waals surface area (Å²) in [5.41, 5.74) is -0.0435. The highest BCUT2D eigenvalue weighted by atomic mass is 19.4. The smallest absolute Gasteiger partial charge is 0.429 e. The largest absolute Gasteiger partial charge is 0.473 e. The maximum absolute atomic E-state index is 13.1. The first kappa shape index (κ1) is 10.9. The van der Waals surface area contributed by atoms with Gasteiger partial charge in [0.25, 0.3) is 0 Å². The molecule has 0 amide bonds. The van der Waals surface area contributed by atoms with Crippen LogP contribution in [0.25, 0.3) is 6.08 Å². The molecule has 1 heterocycles. The highest BCUT2D eigenvalue weighted by Gasteiger charge is 2.42. The van der Waals surface area contributed by atoms with Crippen LogP contribution in [0.15, 0.2) is 18.2 Å². The molecule has 0 bridgehead atoms. The Labute approximate surface area is 87.1 Å². The molecule has 0 fully saturated rings. The van der Waals surface area contributed by atoms with E-state index in [0.717, 1.165) is 12.1 Å². The summed E-state index contributed by atoms with van der Waals surface area (Å²) in [5.74, 6) is -2.59. The molecule has 0 aromatic heterocycles. The molecule has 0 saturated carbocycles. The van der Waals surface area contributed by atoms with Crippen molar-refractivity contribution < 1.29 is 26.7 Å². The average molecular weight is 236 g/mol. The Morgan fingerprint density at radius 3 is 2.44 bits per heavy atom. The van der Waals surface area contributed by atoms with Crippen molar-refractivity contribution in [3.05, 3.63) is 35.4 Å². The molecule has 86 valence electrons. The summed E-state index contributed by atoms with van der Waals surface area (Å²) in [5, 5.41) is 0. The summed E-state index contributed by atoms with van der Waals surface area (Å²) >= 11 is 0. The average Bonchev–Trinajstić information content (AvgIpc) is 2.15. The van der Waals surface area contributed by atoms with E-state index in [1.54, 1.807) is 0 Å². The number of ether oxygens (including phenoxy) is 1. The van der Waals surface area contributed by atoms with Crippen LogP contribution in [0.5, 0.6) is 5.75 Å². The summed E-state index contributed by atoms with van der Waals surface area (Å²) in [6, 6.07) is 1.38. The molecule has 16 heavy (non-hydrogen) atoms. The number of hydrogen-bond acceptors (Lipinski definition) is 1. The standard InChI is InChI=1S/C10H5F5O/c11-6-3-5-1-2-8(10(13,14)15)16-9(5)7(12)4-6/h1-4,8H. The fourth-order valence-electron chi connectivity index (χ4n) is 1.36. The first-order chi connectivity index (χ1) is 7.38. The number of hydrogen-bond donors (Lipinski definition) is 0. The van der Waals surface area contributed by atoms with E-state index in [2.05, 4.69) is 4.74 Å². The maximum Gasteiger partial charge on any atom is 0.429 e. The van der Waals surface area contributed by atoms with Crippen molar-refractivity contribution in [2.24, 2.45) is 0 Å². The van der Waals surface area contributed by atoms with Gasteiger partial charge in [-0.3, -0.25) is 0 Å². The summed E-state index contributed by atoms with van der Waals surface area (Å²) in [7, 11) is 0. The zero-order valence-electron chi connectivity index (χ0n) is 7.68. The van der Waals surface area contributed by atoms with Gasteiger partial charge in [0.2, 0.25) is 6.10 Å². The van der Waals surface area contributed by atoms with Gasteiger partial charge >= 0.3 is 6.18 Å². The SMILES string of the molecule is Fc1cc(F)c2c(c1)C=CC(C(F)(F)F)O2. The predicted molar refractivity (Wildman–Crippen MR) is 45.9 cm³/mol. The van der Waals surface area contributed by atoms with Gasteiger partial charge in [-0.2, -0.15) is 13.2 Å². The van der Waals surface area contributed by atoms with Gasteiger partial charge in [-0.25, -0.2) is 8.78 Å². The number of rotatable bonds is 0. The molecule has 0 aliphatic carbocycles. The van der Waals surface area contributed by atoms with Crippen LogP contribution in [-0.4, -0.2) is 12.3 Å². The third kappa shape index (κ3) is 1.87. The fraction of sp³-hybridized carbons (Fsp3) is 0.200. The summed E-state index contributed by atoms with van der Waals surface area (Å²) < 4.78 is 67.1. The summed E-state index contributed by atoms with van der Waals surface area (Å²) in [6.07, 6.45) is -5.11. The van der Waals surface area contributed by atoms with Gasteiger partial charge in [0.15, 0.2) is 11.6 Å². The van der Waals surface area contributed by atoms with Crippen LogP contribution in [0.4, 0.5) is 22.0 Å². The second kappa shape index (κ2) is 3.47. The molecule has 0 spiro atoms. The van der Waals surface area contributed by atoms with Crippen molar-refractivity contribution in [1.82, 2.24) is 0 Å². The van der Waals surface area contributed by atoms with Gasteiger partial charge in [-0.1, -0.05) is 6.08 Å². The lowest BCUT2D eigenvalue weighted by Gasteiger charge is -2.23. The molecule has 0 saturated heterocycles. The van der Waals surface area contributed by atoms with Crippen molar-refractivity contribution in [2.45, 2.75) is 12.3 Å². The Balaban J connectivity index is 2.42. The molecule has 1 aromatic rings. The van der Waals surface area contributed by atoms with Crippen molar-refractivity contribution in [2.75, 3.05) is 0 Å². The Hall–Kier alpha value is -1.59. The number of benzene rings is 1. The van der Waals surface area contributed by atoms with E-state index in [0.29, 0.717) is 12.1 Å². The molecular formula is C10H5F5O. The molecule has 1 atom stereocenters. The first-order valence-electron chi connectivity index (χ1n) is 4.28. The third-order valence-electron chi connectivity index (χ3n) is 2.06. The first-order valence-corrected chi connectivity index (χ1v) is 4.28. The molecule has 2 rings (SSSR count). The molecular weight excluding hydrogens is 231 g/mol. The molecule has 6 heteroatoms. The lowest BCUT2D eigenvalue weighted by Crippen LogP contribution is -2.34. The van der Waals surface area contributed by atoms with Gasteiger partial charge in [-0.15, -0.1) is 0 Å². The summed E-state index contributed by atoms with van der Waals surface area (Å²) in [6.45, 7) is 0. The summed E-state index contributed by atoms with van der Waals surface area (Å²) in [4.78, 5) is 0. The van der Waals surface area contributed by atoms with Crippen molar-refractivity contribution in [3.63, 3.8) is 0 Å². The van der Waals surface area contributed by atoms with E-state index in [-0.39, 0.29) is 5.56 Å². The minimum Gasteiger partial charge on any atom is -0.473 e. The van der Waals surface area contributed by atoms with Gasteiger partial charge in [0, 0.05) is 11.6 Å². The molecule has 1 nitrogen and oxygen atoms in total. The Bertz CT molecular complexity index is 449. The van der Waals surface area contributed by atoms with Crippen LogP contribution in [0.1, 0.15) is 5.56 Å². The second-order valence-electron chi connectivity index (χ2n) is 3.25. The van der Waals surface area contributed by atoms with Crippen LogP contribution in [0.3, 0.4) is 0 Å². The Morgan fingerprint density at radius 1 is 1.12 bits per heavy atom. The highest BCUT2D eigenvalue weighted by molar-refractivity contribution is 5.60. The van der Waals surface area contributed by atoms with Gasteiger partial charge < -0.3 is 4.74 Å². The zero-order chi connectivity index (χ0) is 11.9. The van der Waals surface area contributed by atoms with Gasteiger partial charge in [0.1, 0.15) is 5.82 Å². The fourth-order valence-corrected chi connectivity index (χ4v) is 1.36. The highest BCUT2D eigenvalue weighted by Crippen LogP contribution is 2.35. The van der Waals surface area contributed by atoms with Crippen molar-refractivity contribution in [1.29, 1.82) is 0 Å². The quantitative estimate of drug-likeness (QED) is 0.628. The predicted octanol–water partition coefficient (Wildman–Crippen LogP) is 3.30. The monoisotopic (exact) mass is 236 g/mol. The lowest BCUT2D eigenvalue weighted by molar-refractivity contribution is -0.180. The number of alkyl halides is 3. The molecule has 1 aliphatic rings. The van der Waals surface area contributed by atoms with Crippen LogP contribution < -0.4 is 4.74 Å². The Kier molecular flexibility index (Phi) is 2.36. The molecule has 1 aromatic carbocycles. The zero-order valence-corrected chi connectivity index (χ0v) is 7.68. The van der Waals surface area contributed by atoms with E-state index < -0.39 is 29.7 Å². The molecule has 1 unspecified atom stereocenters.